The van der Waals surface area contributed by atoms with E-state index in [2.05, 4.69) is 10.3 Å². The van der Waals surface area contributed by atoms with Gasteiger partial charge in [-0.2, -0.15) is 0 Å². The van der Waals surface area contributed by atoms with E-state index >= 15 is 0 Å². The van der Waals surface area contributed by atoms with Crippen LogP contribution in [-0.2, 0) is 11.2 Å². The maximum Gasteiger partial charge on any atom is 0.0937 e. The first-order valence-electron chi connectivity index (χ1n) is 5.62. The highest BCUT2D eigenvalue weighted by atomic mass is 32.1. The van der Waals surface area contributed by atoms with Crippen LogP contribution in [0, 0.1) is 5.92 Å². The summed E-state index contributed by atoms with van der Waals surface area (Å²) in [5.74, 6) is 0.815. The molecule has 2 heterocycles. The van der Waals surface area contributed by atoms with Gasteiger partial charge in [0, 0.05) is 37.8 Å². The summed E-state index contributed by atoms with van der Waals surface area (Å²) < 4.78 is 5.33. The first kappa shape index (κ1) is 11.0. The third kappa shape index (κ3) is 3.89. The van der Waals surface area contributed by atoms with E-state index in [0.717, 1.165) is 38.6 Å². The number of hydrogen-bond acceptors (Lipinski definition) is 4. The fourth-order valence-electron chi connectivity index (χ4n) is 1.83. The van der Waals surface area contributed by atoms with E-state index in [1.54, 1.807) is 11.3 Å². The molecule has 1 aromatic rings. The van der Waals surface area contributed by atoms with E-state index in [1.807, 2.05) is 11.6 Å². The Kier molecular flexibility index (Phi) is 4.57. The second-order valence-corrected chi connectivity index (χ2v) is 4.91. The van der Waals surface area contributed by atoms with E-state index in [0.29, 0.717) is 0 Å². The topological polar surface area (TPSA) is 34.1 Å². The molecule has 1 aromatic heterocycles. The predicted octanol–water partition coefficient (Wildman–Crippen LogP) is 1.70. The van der Waals surface area contributed by atoms with Gasteiger partial charge in [-0.3, -0.25) is 0 Å². The molecule has 2 rings (SSSR count). The molecule has 1 aliphatic heterocycles. The van der Waals surface area contributed by atoms with E-state index < -0.39 is 0 Å². The monoisotopic (exact) mass is 226 g/mol. The average Bonchev–Trinajstić information content (AvgIpc) is 2.79. The molecule has 4 heteroatoms. The van der Waals surface area contributed by atoms with Crippen molar-refractivity contribution < 1.29 is 4.74 Å². The summed E-state index contributed by atoms with van der Waals surface area (Å²) in [7, 11) is 0. The number of ether oxygens (including phenoxy) is 1. The zero-order valence-electron chi connectivity index (χ0n) is 8.95. The molecule has 1 fully saturated rings. The molecule has 0 atom stereocenters. The Bertz CT molecular complexity index is 258. The van der Waals surface area contributed by atoms with E-state index in [9.17, 15) is 0 Å². The van der Waals surface area contributed by atoms with Gasteiger partial charge in [0.15, 0.2) is 0 Å². The molecule has 84 valence electrons. The Morgan fingerprint density at radius 1 is 1.47 bits per heavy atom. The lowest BCUT2D eigenvalue weighted by Gasteiger charge is -2.22. The average molecular weight is 226 g/mol. The molecular weight excluding hydrogens is 208 g/mol. The molecule has 1 aliphatic rings. The van der Waals surface area contributed by atoms with Crippen molar-refractivity contribution in [2.75, 3.05) is 26.3 Å². The predicted molar refractivity (Wildman–Crippen MR) is 62.2 cm³/mol. The van der Waals surface area contributed by atoms with Crippen molar-refractivity contribution >= 4 is 11.3 Å². The second kappa shape index (κ2) is 6.20. The molecule has 3 nitrogen and oxygen atoms in total. The highest BCUT2D eigenvalue weighted by Crippen LogP contribution is 2.13. The van der Waals surface area contributed by atoms with Crippen LogP contribution in [0.15, 0.2) is 11.6 Å². The van der Waals surface area contributed by atoms with Gasteiger partial charge in [0.1, 0.15) is 0 Å². The van der Waals surface area contributed by atoms with Crippen LogP contribution >= 0.6 is 11.3 Å². The number of nitrogens with zero attached hydrogens (tertiary/aromatic N) is 1. The summed E-state index contributed by atoms with van der Waals surface area (Å²) >= 11 is 1.74. The first-order valence-corrected chi connectivity index (χ1v) is 6.50. The number of hydrogen-bond donors (Lipinski definition) is 1. The number of rotatable bonds is 5. The smallest absolute Gasteiger partial charge is 0.0937 e. The third-order valence-electron chi connectivity index (χ3n) is 2.77. The lowest BCUT2D eigenvalue weighted by Crippen LogP contribution is -2.29. The Morgan fingerprint density at radius 2 is 2.33 bits per heavy atom. The number of nitrogens with one attached hydrogen (secondary N) is 1. The van der Waals surface area contributed by atoms with Crippen LogP contribution < -0.4 is 5.32 Å². The van der Waals surface area contributed by atoms with Crippen LogP contribution in [0.5, 0.6) is 0 Å². The van der Waals surface area contributed by atoms with Crippen LogP contribution in [0.2, 0.25) is 0 Å². The lowest BCUT2D eigenvalue weighted by molar-refractivity contribution is 0.0664. The molecule has 1 saturated heterocycles. The molecular formula is C11H18N2OS. The van der Waals surface area contributed by atoms with Crippen LogP contribution in [0.25, 0.3) is 0 Å². The highest BCUT2D eigenvalue weighted by Gasteiger charge is 2.12. The van der Waals surface area contributed by atoms with Crippen LogP contribution in [0.1, 0.15) is 17.8 Å². The lowest BCUT2D eigenvalue weighted by atomic mass is 10.0. The van der Waals surface area contributed by atoms with Crippen molar-refractivity contribution in [1.82, 2.24) is 10.3 Å². The van der Waals surface area contributed by atoms with Gasteiger partial charge in [-0.1, -0.05) is 0 Å². The normalized spacial score (nSPS) is 18.1. The summed E-state index contributed by atoms with van der Waals surface area (Å²) in [6.45, 7) is 4.07. The van der Waals surface area contributed by atoms with Crippen molar-refractivity contribution in [1.29, 1.82) is 0 Å². The molecule has 0 amide bonds. The Labute approximate surface area is 94.9 Å². The number of thiazole rings is 1. The Hall–Kier alpha value is -0.450. The summed E-state index contributed by atoms with van der Waals surface area (Å²) in [5, 5.41) is 6.77. The molecule has 0 bridgehead atoms. The Morgan fingerprint density at radius 3 is 3.07 bits per heavy atom. The van der Waals surface area contributed by atoms with Gasteiger partial charge >= 0.3 is 0 Å². The van der Waals surface area contributed by atoms with Crippen molar-refractivity contribution in [3.8, 4) is 0 Å². The van der Waals surface area contributed by atoms with Crippen molar-refractivity contribution in [2.45, 2.75) is 19.3 Å². The molecule has 0 spiro atoms. The summed E-state index contributed by atoms with van der Waals surface area (Å²) in [4.78, 5) is 4.26. The molecule has 0 aromatic carbocycles. The quantitative estimate of drug-likeness (QED) is 0.776. The van der Waals surface area contributed by atoms with Crippen molar-refractivity contribution in [2.24, 2.45) is 5.92 Å². The largest absolute Gasteiger partial charge is 0.381 e. The maximum absolute atomic E-state index is 5.33. The van der Waals surface area contributed by atoms with Crippen LogP contribution in [-0.4, -0.2) is 31.3 Å². The minimum Gasteiger partial charge on any atom is -0.381 e. The van der Waals surface area contributed by atoms with Crippen LogP contribution in [0.3, 0.4) is 0 Å². The Balaban J connectivity index is 1.54. The van der Waals surface area contributed by atoms with Gasteiger partial charge in [-0.05, 0) is 25.3 Å². The molecule has 0 saturated carbocycles. The first-order chi connectivity index (χ1) is 7.45. The van der Waals surface area contributed by atoms with Crippen molar-refractivity contribution in [3.63, 3.8) is 0 Å². The van der Waals surface area contributed by atoms with Gasteiger partial charge in [0.25, 0.3) is 0 Å². The second-order valence-electron chi connectivity index (χ2n) is 3.94. The summed E-state index contributed by atoms with van der Waals surface area (Å²) in [5.41, 5.74) is 0. The molecule has 1 N–H and O–H groups in total. The standard InChI is InChI=1S/C11H18N2OS/c1(11-13-5-8-15-11)4-12-9-10-2-6-14-7-3-10/h5,8,10,12H,1-4,6-7,9H2. The molecule has 15 heavy (non-hydrogen) atoms. The fraction of sp³-hybridized carbons (Fsp3) is 0.727. The van der Waals surface area contributed by atoms with E-state index in [1.165, 1.54) is 17.8 Å². The highest BCUT2D eigenvalue weighted by molar-refractivity contribution is 7.09. The summed E-state index contributed by atoms with van der Waals surface area (Å²) in [6.07, 6.45) is 5.36. The zero-order valence-corrected chi connectivity index (χ0v) is 9.76. The third-order valence-corrected chi connectivity index (χ3v) is 3.61. The van der Waals surface area contributed by atoms with Gasteiger partial charge in [0.2, 0.25) is 0 Å². The van der Waals surface area contributed by atoms with E-state index in [4.69, 9.17) is 4.74 Å². The van der Waals surface area contributed by atoms with Crippen LogP contribution in [0.4, 0.5) is 0 Å². The van der Waals surface area contributed by atoms with Crippen molar-refractivity contribution in [3.05, 3.63) is 16.6 Å². The molecule has 0 aliphatic carbocycles. The van der Waals surface area contributed by atoms with Gasteiger partial charge in [-0.15, -0.1) is 11.3 Å². The minimum atomic E-state index is 0.815. The van der Waals surface area contributed by atoms with Gasteiger partial charge in [-0.25, -0.2) is 4.98 Å². The van der Waals surface area contributed by atoms with E-state index in [-0.39, 0.29) is 0 Å². The SMILES string of the molecule is c1csc(CCNCC2CCOCC2)n1. The molecule has 0 unspecified atom stereocenters. The fourth-order valence-corrected chi connectivity index (χ4v) is 2.45. The van der Waals surface area contributed by atoms with Gasteiger partial charge in [0.05, 0.1) is 5.01 Å². The minimum absolute atomic E-state index is 0.815. The maximum atomic E-state index is 5.33. The molecule has 0 radical (unpaired) electrons. The van der Waals surface area contributed by atoms with Gasteiger partial charge < -0.3 is 10.1 Å². The number of aromatic nitrogens is 1. The summed E-state index contributed by atoms with van der Waals surface area (Å²) in [6, 6.07) is 0. The zero-order chi connectivity index (χ0) is 10.3.